The Hall–Kier alpha value is -0.610. The molecular weight excluding hydrogens is 204 g/mol. The molecule has 0 spiro atoms. The second kappa shape index (κ2) is 5.64. The maximum atomic E-state index is 11.9. The third-order valence-corrected chi connectivity index (χ3v) is 3.76. The van der Waals surface area contributed by atoms with Crippen LogP contribution in [0.25, 0.3) is 0 Å². The van der Waals surface area contributed by atoms with Crippen LogP contribution < -0.4 is 11.1 Å². The van der Waals surface area contributed by atoms with Gasteiger partial charge in [0.25, 0.3) is 0 Å². The average Bonchev–Trinajstić information content (AvgIpc) is 2.83. The van der Waals surface area contributed by atoms with Crippen molar-refractivity contribution in [3.05, 3.63) is 0 Å². The van der Waals surface area contributed by atoms with Crippen molar-refractivity contribution in [3.8, 4) is 0 Å². The first-order valence-electron chi connectivity index (χ1n) is 6.43. The number of rotatable bonds is 3. The lowest BCUT2D eigenvalue weighted by Gasteiger charge is -2.31. The minimum Gasteiger partial charge on any atom is -0.368 e. The van der Waals surface area contributed by atoms with Crippen molar-refractivity contribution in [2.75, 3.05) is 13.2 Å². The van der Waals surface area contributed by atoms with Crippen molar-refractivity contribution in [1.82, 2.24) is 5.32 Å². The predicted molar refractivity (Wildman–Crippen MR) is 61.9 cm³/mol. The van der Waals surface area contributed by atoms with E-state index in [2.05, 4.69) is 5.32 Å². The van der Waals surface area contributed by atoms with Gasteiger partial charge >= 0.3 is 0 Å². The van der Waals surface area contributed by atoms with Crippen LogP contribution in [0.3, 0.4) is 0 Å². The SMILES string of the molecule is NCC1CCCCC1NC(=O)[C@@H]1CCCO1. The quantitative estimate of drug-likeness (QED) is 0.748. The van der Waals surface area contributed by atoms with Crippen LogP contribution in [0, 0.1) is 5.92 Å². The molecule has 0 aromatic heterocycles. The monoisotopic (exact) mass is 226 g/mol. The van der Waals surface area contributed by atoms with E-state index in [0.29, 0.717) is 12.5 Å². The highest BCUT2D eigenvalue weighted by Crippen LogP contribution is 2.24. The van der Waals surface area contributed by atoms with E-state index in [1.165, 1.54) is 12.8 Å². The summed E-state index contributed by atoms with van der Waals surface area (Å²) in [7, 11) is 0. The van der Waals surface area contributed by atoms with Crippen molar-refractivity contribution < 1.29 is 9.53 Å². The highest BCUT2D eigenvalue weighted by atomic mass is 16.5. The zero-order chi connectivity index (χ0) is 11.4. The lowest BCUT2D eigenvalue weighted by Crippen LogP contribution is -2.48. The highest BCUT2D eigenvalue weighted by molar-refractivity contribution is 5.81. The molecule has 0 aromatic carbocycles. The van der Waals surface area contributed by atoms with Gasteiger partial charge in [0.05, 0.1) is 0 Å². The molecular formula is C12H22N2O2. The maximum absolute atomic E-state index is 11.9. The minimum absolute atomic E-state index is 0.0721. The Morgan fingerprint density at radius 2 is 2.06 bits per heavy atom. The number of carbonyl (C=O) groups excluding carboxylic acids is 1. The van der Waals surface area contributed by atoms with Crippen molar-refractivity contribution in [2.45, 2.75) is 50.7 Å². The van der Waals surface area contributed by atoms with Gasteiger partial charge in [-0.05, 0) is 38.1 Å². The Balaban J connectivity index is 1.84. The molecule has 1 heterocycles. The van der Waals surface area contributed by atoms with Gasteiger partial charge in [0, 0.05) is 12.6 Å². The summed E-state index contributed by atoms with van der Waals surface area (Å²) >= 11 is 0. The standard InChI is InChI=1S/C12H22N2O2/c13-8-9-4-1-2-5-10(9)14-12(15)11-6-3-7-16-11/h9-11H,1-8,13H2,(H,14,15)/t9?,10?,11-/m0/s1. The van der Waals surface area contributed by atoms with Crippen LogP contribution >= 0.6 is 0 Å². The zero-order valence-electron chi connectivity index (χ0n) is 9.78. The molecule has 2 fully saturated rings. The van der Waals surface area contributed by atoms with E-state index in [0.717, 1.165) is 32.3 Å². The topological polar surface area (TPSA) is 64.3 Å². The van der Waals surface area contributed by atoms with Crippen molar-refractivity contribution >= 4 is 5.91 Å². The average molecular weight is 226 g/mol. The zero-order valence-corrected chi connectivity index (χ0v) is 9.78. The molecule has 4 nitrogen and oxygen atoms in total. The lowest BCUT2D eigenvalue weighted by atomic mass is 9.84. The van der Waals surface area contributed by atoms with Gasteiger partial charge in [-0.15, -0.1) is 0 Å². The number of nitrogens with one attached hydrogen (secondary N) is 1. The van der Waals surface area contributed by atoms with Crippen LogP contribution in [0.2, 0.25) is 0 Å². The Morgan fingerprint density at radius 3 is 2.75 bits per heavy atom. The number of carbonyl (C=O) groups is 1. The fourth-order valence-electron chi connectivity index (χ4n) is 2.74. The molecule has 3 atom stereocenters. The van der Waals surface area contributed by atoms with Crippen LogP contribution in [0.15, 0.2) is 0 Å². The van der Waals surface area contributed by atoms with Crippen molar-refractivity contribution in [3.63, 3.8) is 0 Å². The maximum Gasteiger partial charge on any atom is 0.249 e. The molecule has 1 amide bonds. The molecule has 2 unspecified atom stereocenters. The van der Waals surface area contributed by atoms with E-state index in [9.17, 15) is 4.79 Å². The summed E-state index contributed by atoms with van der Waals surface area (Å²) in [6.07, 6.45) is 6.32. The third-order valence-electron chi connectivity index (χ3n) is 3.76. The van der Waals surface area contributed by atoms with Gasteiger partial charge in [-0.2, -0.15) is 0 Å². The molecule has 1 aliphatic heterocycles. The normalized spacial score (nSPS) is 34.9. The molecule has 4 heteroatoms. The molecule has 92 valence electrons. The van der Waals surface area contributed by atoms with E-state index in [-0.39, 0.29) is 18.1 Å². The summed E-state index contributed by atoms with van der Waals surface area (Å²) in [5, 5.41) is 3.12. The van der Waals surface area contributed by atoms with Gasteiger partial charge in [-0.1, -0.05) is 12.8 Å². The Kier molecular flexibility index (Phi) is 4.18. The van der Waals surface area contributed by atoms with Gasteiger partial charge in [0.2, 0.25) is 5.91 Å². The van der Waals surface area contributed by atoms with Crippen LogP contribution in [-0.4, -0.2) is 31.2 Å². The summed E-state index contributed by atoms with van der Waals surface area (Å²) in [4.78, 5) is 11.9. The number of amides is 1. The first-order chi connectivity index (χ1) is 7.81. The number of nitrogens with two attached hydrogens (primary N) is 1. The summed E-state index contributed by atoms with van der Waals surface area (Å²) in [6, 6.07) is 0.274. The van der Waals surface area contributed by atoms with Gasteiger partial charge in [-0.25, -0.2) is 0 Å². The predicted octanol–water partition coefficient (Wildman–Crippen LogP) is 0.799. The Labute approximate surface area is 96.9 Å². The summed E-state index contributed by atoms with van der Waals surface area (Å²) in [5.41, 5.74) is 5.74. The first kappa shape index (κ1) is 11.9. The van der Waals surface area contributed by atoms with E-state index in [4.69, 9.17) is 10.5 Å². The summed E-state index contributed by atoms with van der Waals surface area (Å²) < 4.78 is 5.38. The molecule has 2 aliphatic rings. The van der Waals surface area contributed by atoms with Gasteiger partial charge < -0.3 is 15.8 Å². The fraction of sp³-hybridized carbons (Fsp3) is 0.917. The van der Waals surface area contributed by atoms with E-state index in [1.54, 1.807) is 0 Å². The molecule has 0 radical (unpaired) electrons. The second-order valence-electron chi connectivity index (χ2n) is 4.90. The fourth-order valence-corrected chi connectivity index (χ4v) is 2.74. The number of hydrogen-bond acceptors (Lipinski definition) is 3. The molecule has 0 aromatic rings. The number of ether oxygens (including phenoxy) is 1. The number of hydrogen-bond donors (Lipinski definition) is 2. The van der Waals surface area contributed by atoms with Crippen LogP contribution in [0.4, 0.5) is 0 Å². The van der Waals surface area contributed by atoms with Gasteiger partial charge in [0.15, 0.2) is 0 Å². The molecule has 1 saturated heterocycles. The Morgan fingerprint density at radius 1 is 1.25 bits per heavy atom. The molecule has 16 heavy (non-hydrogen) atoms. The molecule has 1 aliphatic carbocycles. The third kappa shape index (κ3) is 2.74. The molecule has 0 bridgehead atoms. The largest absolute Gasteiger partial charge is 0.368 e. The summed E-state index contributed by atoms with van der Waals surface area (Å²) in [6.45, 7) is 1.40. The first-order valence-corrected chi connectivity index (χ1v) is 6.43. The minimum atomic E-state index is -0.208. The smallest absolute Gasteiger partial charge is 0.249 e. The van der Waals surface area contributed by atoms with Crippen LogP contribution in [0.1, 0.15) is 38.5 Å². The van der Waals surface area contributed by atoms with E-state index < -0.39 is 0 Å². The van der Waals surface area contributed by atoms with Crippen LogP contribution in [0.5, 0.6) is 0 Å². The Bertz CT molecular complexity index is 239. The van der Waals surface area contributed by atoms with Crippen LogP contribution in [-0.2, 0) is 9.53 Å². The molecule has 3 N–H and O–H groups in total. The molecule has 1 saturated carbocycles. The van der Waals surface area contributed by atoms with E-state index >= 15 is 0 Å². The second-order valence-corrected chi connectivity index (χ2v) is 4.90. The highest BCUT2D eigenvalue weighted by Gasteiger charge is 2.29. The lowest BCUT2D eigenvalue weighted by molar-refractivity contribution is -0.131. The van der Waals surface area contributed by atoms with Gasteiger partial charge in [0.1, 0.15) is 6.10 Å². The van der Waals surface area contributed by atoms with Gasteiger partial charge in [-0.3, -0.25) is 4.79 Å². The van der Waals surface area contributed by atoms with Crippen molar-refractivity contribution in [1.29, 1.82) is 0 Å². The van der Waals surface area contributed by atoms with E-state index in [1.807, 2.05) is 0 Å². The summed E-state index contributed by atoms with van der Waals surface area (Å²) in [5.74, 6) is 0.530. The van der Waals surface area contributed by atoms with Crippen molar-refractivity contribution in [2.24, 2.45) is 11.7 Å². The molecule has 2 rings (SSSR count).